The summed E-state index contributed by atoms with van der Waals surface area (Å²) < 4.78 is 0. The van der Waals surface area contributed by atoms with Gasteiger partial charge in [-0.05, 0) is 34.5 Å². The van der Waals surface area contributed by atoms with Crippen molar-refractivity contribution in [1.82, 2.24) is 30.5 Å². The second kappa shape index (κ2) is 8.71. The van der Waals surface area contributed by atoms with Gasteiger partial charge in [-0.15, -0.1) is 10.2 Å². The molecule has 2 N–H and O–H groups in total. The van der Waals surface area contributed by atoms with Crippen LogP contribution in [0.1, 0.15) is 17.7 Å². The molecule has 1 aliphatic rings. The van der Waals surface area contributed by atoms with Crippen LogP contribution >= 0.6 is 12.2 Å². The first-order valence-corrected chi connectivity index (χ1v) is 10.7. The van der Waals surface area contributed by atoms with E-state index in [1.807, 2.05) is 66.7 Å². The summed E-state index contributed by atoms with van der Waals surface area (Å²) in [4.78, 5) is 30.8. The predicted molar refractivity (Wildman–Crippen MR) is 127 cm³/mol. The number of aromatic amines is 2. The van der Waals surface area contributed by atoms with Gasteiger partial charge in [0.1, 0.15) is 0 Å². The molecule has 0 bridgehead atoms. The normalized spacial score (nSPS) is 15.5. The van der Waals surface area contributed by atoms with Crippen molar-refractivity contribution >= 4 is 35.0 Å². The zero-order valence-electron chi connectivity index (χ0n) is 17.4. The van der Waals surface area contributed by atoms with Crippen molar-refractivity contribution in [2.24, 2.45) is 0 Å². The van der Waals surface area contributed by atoms with Crippen LogP contribution in [0.2, 0.25) is 0 Å². The minimum absolute atomic E-state index is 0.0465. The number of hydrogen-bond donors (Lipinski definition) is 2. The van der Waals surface area contributed by atoms with Crippen LogP contribution in [0.5, 0.6) is 0 Å². The molecule has 1 fully saturated rings. The van der Waals surface area contributed by atoms with Crippen LogP contribution in [0, 0.1) is 0 Å². The molecule has 0 radical (unpaired) electrons. The second-order valence-corrected chi connectivity index (χ2v) is 8.04. The maximum absolute atomic E-state index is 13.1. The fourth-order valence-corrected chi connectivity index (χ4v) is 3.96. The lowest BCUT2D eigenvalue weighted by Crippen LogP contribution is -2.43. The first kappa shape index (κ1) is 20.7. The molecule has 1 aliphatic heterocycles. The summed E-state index contributed by atoms with van der Waals surface area (Å²) >= 11 is 5.34. The number of piperidine rings is 1. The van der Waals surface area contributed by atoms with E-state index in [4.69, 9.17) is 12.2 Å². The molecule has 9 heteroatoms. The number of benzene rings is 2. The average Bonchev–Trinajstić information content (AvgIpc) is 3.53. The van der Waals surface area contributed by atoms with Gasteiger partial charge in [0, 0.05) is 17.0 Å². The lowest BCUT2D eigenvalue weighted by molar-refractivity contribution is -0.128. The van der Waals surface area contributed by atoms with E-state index in [-0.39, 0.29) is 23.7 Å². The van der Waals surface area contributed by atoms with E-state index in [1.165, 1.54) is 4.90 Å². The third kappa shape index (κ3) is 4.26. The molecule has 8 nitrogen and oxygen atoms in total. The molecule has 2 aromatic carbocycles. The minimum Gasteiger partial charge on any atom is -0.355 e. The Morgan fingerprint density at radius 3 is 2.45 bits per heavy atom. The molecule has 162 valence electrons. The molecule has 4 aromatic rings. The van der Waals surface area contributed by atoms with Crippen LogP contribution in [0.25, 0.3) is 28.7 Å². The van der Waals surface area contributed by atoms with Gasteiger partial charge in [-0.25, -0.2) is 0 Å². The van der Waals surface area contributed by atoms with Gasteiger partial charge in [0.05, 0.1) is 23.5 Å². The van der Waals surface area contributed by atoms with Crippen molar-refractivity contribution in [2.75, 3.05) is 0 Å². The highest BCUT2D eigenvalue weighted by molar-refractivity contribution is 7.80. The number of tetrazole rings is 1. The summed E-state index contributed by atoms with van der Waals surface area (Å²) in [6.45, 7) is 0.339. The molecular formula is C24H18N6O2S. The van der Waals surface area contributed by atoms with E-state index in [0.29, 0.717) is 23.1 Å². The van der Waals surface area contributed by atoms with Crippen molar-refractivity contribution in [3.8, 4) is 22.6 Å². The number of rotatable bonds is 5. The molecule has 0 aliphatic carbocycles. The first-order chi connectivity index (χ1) is 16.1. The van der Waals surface area contributed by atoms with Gasteiger partial charge in [-0.2, -0.15) is 5.21 Å². The molecule has 0 saturated carbocycles. The Labute approximate surface area is 194 Å². The Morgan fingerprint density at radius 1 is 0.970 bits per heavy atom. The number of nitrogens with one attached hydrogen (secondary N) is 2. The number of thiocarbonyl (C=S) groups is 1. The number of H-pyrrole nitrogens is 2. The number of carbonyl (C=O) groups excluding carboxylic acids is 2. The SMILES string of the molecule is O=C1CC(=S)N(Cc2ccccc2)C(=O)/C1=C/c1ccc(-c2ccc(-c3nn[nH]n3)cc2)[nH]1. The van der Waals surface area contributed by atoms with E-state index in [2.05, 4.69) is 25.6 Å². The van der Waals surface area contributed by atoms with E-state index in [9.17, 15) is 9.59 Å². The molecule has 0 unspecified atom stereocenters. The highest BCUT2D eigenvalue weighted by Crippen LogP contribution is 2.25. The monoisotopic (exact) mass is 454 g/mol. The number of nitrogens with zero attached hydrogens (tertiary/aromatic N) is 4. The molecule has 33 heavy (non-hydrogen) atoms. The third-order valence-electron chi connectivity index (χ3n) is 5.38. The lowest BCUT2D eigenvalue weighted by atomic mass is 10.00. The number of ketones is 1. The van der Waals surface area contributed by atoms with Crippen molar-refractivity contribution in [1.29, 1.82) is 0 Å². The van der Waals surface area contributed by atoms with Gasteiger partial charge in [-0.1, -0.05) is 66.8 Å². The maximum atomic E-state index is 13.1. The molecule has 0 spiro atoms. The maximum Gasteiger partial charge on any atom is 0.262 e. The standard InChI is InChI=1S/C24H18N6O2S/c31-21-13-22(33)30(14-15-4-2-1-3-5-15)24(32)19(21)12-18-10-11-20(25-18)16-6-8-17(9-7-16)23-26-28-29-27-23/h1-12,25H,13-14H2,(H,26,27,28,29)/b19-12+. The Balaban J connectivity index is 1.38. The van der Waals surface area contributed by atoms with E-state index in [1.54, 1.807) is 6.08 Å². The molecule has 1 amide bonds. The Hall–Kier alpha value is -4.24. The van der Waals surface area contributed by atoms with Crippen LogP contribution in [0.4, 0.5) is 0 Å². The lowest BCUT2D eigenvalue weighted by Gasteiger charge is -2.28. The number of likely N-dealkylation sites (tertiary alicyclic amines) is 1. The summed E-state index contributed by atoms with van der Waals surface area (Å²) in [6.07, 6.45) is 1.65. The predicted octanol–water partition coefficient (Wildman–Crippen LogP) is 3.57. The number of aromatic nitrogens is 5. The molecular weight excluding hydrogens is 436 g/mol. The van der Waals surface area contributed by atoms with Crippen molar-refractivity contribution in [3.63, 3.8) is 0 Å². The number of hydrogen-bond acceptors (Lipinski definition) is 6. The first-order valence-electron chi connectivity index (χ1n) is 10.3. The van der Waals surface area contributed by atoms with E-state index < -0.39 is 0 Å². The van der Waals surface area contributed by atoms with Gasteiger partial charge in [0.2, 0.25) is 5.82 Å². The minimum atomic E-state index is -0.374. The quantitative estimate of drug-likeness (QED) is 0.271. The summed E-state index contributed by atoms with van der Waals surface area (Å²) in [6, 6.07) is 21.0. The van der Waals surface area contributed by atoms with Crippen LogP contribution in [-0.2, 0) is 16.1 Å². The van der Waals surface area contributed by atoms with Crippen LogP contribution < -0.4 is 0 Å². The second-order valence-electron chi connectivity index (χ2n) is 7.57. The van der Waals surface area contributed by atoms with Crippen LogP contribution in [0.15, 0.2) is 72.3 Å². The van der Waals surface area contributed by atoms with E-state index >= 15 is 0 Å². The van der Waals surface area contributed by atoms with E-state index in [0.717, 1.165) is 22.4 Å². The Morgan fingerprint density at radius 2 is 1.73 bits per heavy atom. The van der Waals surface area contributed by atoms with Crippen molar-refractivity contribution in [3.05, 3.63) is 83.6 Å². The van der Waals surface area contributed by atoms with Gasteiger partial charge in [0.15, 0.2) is 5.78 Å². The van der Waals surface area contributed by atoms with Gasteiger partial charge in [-0.3, -0.25) is 14.5 Å². The smallest absolute Gasteiger partial charge is 0.262 e. The summed E-state index contributed by atoms with van der Waals surface area (Å²) in [7, 11) is 0. The summed E-state index contributed by atoms with van der Waals surface area (Å²) in [5.74, 6) is -0.124. The fraction of sp³-hybridized carbons (Fsp3) is 0.0833. The number of Topliss-reactive ketones (excluding diaryl/α,β-unsaturated/α-hetero) is 1. The topological polar surface area (TPSA) is 108 Å². The largest absolute Gasteiger partial charge is 0.355 e. The van der Waals surface area contributed by atoms with Crippen LogP contribution in [-0.4, -0.2) is 47.2 Å². The van der Waals surface area contributed by atoms with Crippen molar-refractivity contribution in [2.45, 2.75) is 13.0 Å². The number of amides is 1. The average molecular weight is 455 g/mol. The molecule has 2 aromatic heterocycles. The van der Waals surface area contributed by atoms with Gasteiger partial charge in [0.25, 0.3) is 5.91 Å². The summed E-state index contributed by atoms with van der Waals surface area (Å²) in [5.41, 5.74) is 4.38. The van der Waals surface area contributed by atoms with Gasteiger partial charge < -0.3 is 4.98 Å². The zero-order valence-corrected chi connectivity index (χ0v) is 18.2. The molecule has 5 rings (SSSR count). The van der Waals surface area contributed by atoms with Gasteiger partial charge >= 0.3 is 0 Å². The summed E-state index contributed by atoms with van der Waals surface area (Å²) in [5, 5.41) is 13.9. The Kier molecular flexibility index (Phi) is 5.45. The van der Waals surface area contributed by atoms with Crippen LogP contribution in [0.3, 0.4) is 0 Å². The Bertz CT molecular complexity index is 1360. The fourth-order valence-electron chi connectivity index (χ4n) is 3.68. The zero-order chi connectivity index (χ0) is 22.8. The van der Waals surface area contributed by atoms with Crippen molar-refractivity contribution < 1.29 is 9.59 Å². The third-order valence-corrected chi connectivity index (χ3v) is 5.74. The molecule has 0 atom stereocenters. The molecule has 3 heterocycles. The highest BCUT2D eigenvalue weighted by Gasteiger charge is 2.33. The highest BCUT2D eigenvalue weighted by atomic mass is 32.1. The molecule has 1 saturated heterocycles. The number of carbonyl (C=O) groups is 2.